The van der Waals surface area contributed by atoms with Crippen molar-refractivity contribution in [3.05, 3.63) is 29.8 Å². The molecule has 7 heteroatoms. The number of nitrogens with one attached hydrogen (secondary N) is 1. The lowest BCUT2D eigenvalue weighted by atomic mass is 10.00. The van der Waals surface area contributed by atoms with Crippen molar-refractivity contribution in [2.75, 3.05) is 30.8 Å². The first kappa shape index (κ1) is 18.4. The summed E-state index contributed by atoms with van der Waals surface area (Å²) in [4.78, 5) is 17.1. The van der Waals surface area contributed by atoms with E-state index in [-0.39, 0.29) is 18.0 Å². The molecule has 2 aliphatic heterocycles. The zero-order chi connectivity index (χ0) is 18.0. The first-order valence-corrected chi connectivity index (χ1v) is 10.8. The number of carbonyl (C=O) groups is 1. The van der Waals surface area contributed by atoms with Crippen molar-refractivity contribution in [1.29, 1.82) is 0 Å². The number of piperidine rings is 1. The number of likely N-dealkylation sites (tertiary alicyclic amines) is 1. The topological polar surface area (TPSA) is 69.7 Å². The summed E-state index contributed by atoms with van der Waals surface area (Å²) in [5.41, 5.74) is 2.28. The molecule has 1 amide bonds. The molecule has 1 saturated heterocycles. The van der Waals surface area contributed by atoms with E-state index < -0.39 is 10.0 Å². The molecule has 2 aliphatic rings. The number of hydrogen-bond acceptors (Lipinski definition) is 4. The standard InChI is InChI=1S/C18H27N3O3S/c1-14(20-12-9-16(10-13-20)19-25(2,23)24)18(22)21-11-5-7-15-6-3-4-8-17(15)21/h3-4,6,8,14,16,19H,5,7,9-13H2,1-2H3. The quantitative estimate of drug-likeness (QED) is 0.875. The number of para-hydroxylation sites is 1. The van der Waals surface area contributed by atoms with Crippen LogP contribution < -0.4 is 9.62 Å². The van der Waals surface area contributed by atoms with Gasteiger partial charge in [0, 0.05) is 31.4 Å². The van der Waals surface area contributed by atoms with Crippen LogP contribution in [-0.4, -0.2) is 57.2 Å². The van der Waals surface area contributed by atoms with Crippen LogP contribution in [0.15, 0.2) is 24.3 Å². The van der Waals surface area contributed by atoms with E-state index in [2.05, 4.69) is 15.7 Å². The highest BCUT2D eigenvalue weighted by atomic mass is 32.2. The molecular formula is C18H27N3O3S. The van der Waals surface area contributed by atoms with Crippen molar-refractivity contribution in [2.24, 2.45) is 0 Å². The Kier molecular flexibility index (Phi) is 5.46. The van der Waals surface area contributed by atoms with Gasteiger partial charge in [-0.3, -0.25) is 9.69 Å². The van der Waals surface area contributed by atoms with Gasteiger partial charge in [0.05, 0.1) is 12.3 Å². The van der Waals surface area contributed by atoms with Crippen LogP contribution in [0.2, 0.25) is 0 Å². The summed E-state index contributed by atoms with van der Waals surface area (Å²) in [5.74, 6) is 0.140. The number of rotatable bonds is 4. The number of nitrogens with zero attached hydrogens (tertiary/aromatic N) is 2. The van der Waals surface area contributed by atoms with Gasteiger partial charge in [0.2, 0.25) is 15.9 Å². The number of benzene rings is 1. The van der Waals surface area contributed by atoms with Gasteiger partial charge in [0.15, 0.2) is 0 Å². The highest BCUT2D eigenvalue weighted by Crippen LogP contribution is 2.28. The fraction of sp³-hybridized carbons (Fsp3) is 0.611. The molecule has 1 fully saturated rings. The first-order valence-electron chi connectivity index (χ1n) is 8.96. The molecule has 3 rings (SSSR count). The van der Waals surface area contributed by atoms with Crippen LogP contribution in [0.5, 0.6) is 0 Å². The van der Waals surface area contributed by atoms with Crippen LogP contribution in [0.4, 0.5) is 5.69 Å². The van der Waals surface area contributed by atoms with Gasteiger partial charge in [-0.2, -0.15) is 0 Å². The molecule has 6 nitrogen and oxygen atoms in total. The highest BCUT2D eigenvalue weighted by molar-refractivity contribution is 7.88. The molecule has 1 unspecified atom stereocenters. The average Bonchev–Trinajstić information content (AvgIpc) is 2.59. The van der Waals surface area contributed by atoms with E-state index in [1.807, 2.05) is 30.0 Å². The molecule has 0 aromatic heterocycles. The second kappa shape index (κ2) is 7.43. The van der Waals surface area contributed by atoms with Gasteiger partial charge in [0.25, 0.3) is 0 Å². The molecule has 138 valence electrons. The van der Waals surface area contributed by atoms with Crippen LogP contribution in [0, 0.1) is 0 Å². The first-order chi connectivity index (χ1) is 11.8. The maximum Gasteiger partial charge on any atom is 0.244 e. The molecule has 0 radical (unpaired) electrons. The summed E-state index contributed by atoms with van der Waals surface area (Å²) in [7, 11) is -3.17. The molecule has 2 heterocycles. The summed E-state index contributed by atoms with van der Waals surface area (Å²) in [6.07, 6.45) is 4.69. The number of fused-ring (bicyclic) bond motifs is 1. The van der Waals surface area contributed by atoms with Crippen LogP contribution >= 0.6 is 0 Å². The zero-order valence-corrected chi connectivity index (χ0v) is 15.8. The van der Waals surface area contributed by atoms with E-state index in [4.69, 9.17) is 0 Å². The van der Waals surface area contributed by atoms with E-state index >= 15 is 0 Å². The number of anilines is 1. The molecule has 25 heavy (non-hydrogen) atoms. The van der Waals surface area contributed by atoms with Gasteiger partial charge in [-0.1, -0.05) is 18.2 Å². The van der Waals surface area contributed by atoms with Gasteiger partial charge in [-0.15, -0.1) is 0 Å². The largest absolute Gasteiger partial charge is 0.311 e. The Morgan fingerprint density at radius 1 is 1.20 bits per heavy atom. The predicted octanol–water partition coefficient (Wildman–Crippen LogP) is 1.37. The third-order valence-corrected chi connectivity index (χ3v) is 5.95. The van der Waals surface area contributed by atoms with E-state index in [1.54, 1.807) is 0 Å². The van der Waals surface area contributed by atoms with Crippen LogP contribution in [0.25, 0.3) is 0 Å². The van der Waals surface area contributed by atoms with Crippen molar-refractivity contribution in [3.8, 4) is 0 Å². The molecule has 1 N–H and O–H groups in total. The van der Waals surface area contributed by atoms with Gasteiger partial charge >= 0.3 is 0 Å². The number of amides is 1. The zero-order valence-electron chi connectivity index (χ0n) is 14.9. The molecule has 0 aliphatic carbocycles. The minimum atomic E-state index is -3.17. The second-order valence-electron chi connectivity index (χ2n) is 7.10. The lowest BCUT2D eigenvalue weighted by Gasteiger charge is -2.38. The Morgan fingerprint density at radius 2 is 1.88 bits per heavy atom. The Morgan fingerprint density at radius 3 is 2.56 bits per heavy atom. The van der Waals surface area contributed by atoms with Gasteiger partial charge in [-0.05, 0) is 44.2 Å². The summed E-state index contributed by atoms with van der Waals surface area (Å²) < 4.78 is 25.4. The maximum atomic E-state index is 13.0. The van der Waals surface area contributed by atoms with E-state index in [1.165, 1.54) is 11.8 Å². The van der Waals surface area contributed by atoms with E-state index in [0.717, 1.165) is 51.0 Å². The second-order valence-corrected chi connectivity index (χ2v) is 8.88. The fourth-order valence-corrected chi connectivity index (χ4v) is 4.69. The number of aryl methyl sites for hydroxylation is 1. The summed E-state index contributed by atoms with van der Waals surface area (Å²) >= 11 is 0. The van der Waals surface area contributed by atoms with Crippen LogP contribution in [0.3, 0.4) is 0 Å². The lowest BCUT2D eigenvalue weighted by Crippen LogP contribution is -2.53. The van der Waals surface area contributed by atoms with Crippen LogP contribution in [-0.2, 0) is 21.2 Å². The third kappa shape index (κ3) is 4.40. The minimum absolute atomic E-state index is 0.0238. The molecule has 1 aromatic rings. The monoisotopic (exact) mass is 365 g/mol. The molecule has 0 saturated carbocycles. The van der Waals surface area contributed by atoms with E-state index in [9.17, 15) is 13.2 Å². The number of sulfonamides is 1. The lowest BCUT2D eigenvalue weighted by molar-refractivity contribution is -0.123. The van der Waals surface area contributed by atoms with Crippen LogP contribution in [0.1, 0.15) is 31.7 Å². The molecular weight excluding hydrogens is 338 g/mol. The average molecular weight is 365 g/mol. The summed E-state index contributed by atoms with van der Waals surface area (Å²) in [6.45, 7) is 4.20. The van der Waals surface area contributed by atoms with Crippen molar-refractivity contribution < 1.29 is 13.2 Å². The van der Waals surface area contributed by atoms with Crippen molar-refractivity contribution >= 4 is 21.6 Å². The summed E-state index contributed by atoms with van der Waals surface area (Å²) in [5, 5.41) is 0. The Labute approximate surface area is 150 Å². The highest BCUT2D eigenvalue weighted by Gasteiger charge is 2.32. The molecule has 0 bridgehead atoms. The fourth-order valence-electron chi connectivity index (χ4n) is 3.85. The Hall–Kier alpha value is -1.44. The predicted molar refractivity (Wildman–Crippen MR) is 99.2 cm³/mol. The van der Waals surface area contributed by atoms with Gasteiger partial charge in [0.1, 0.15) is 0 Å². The third-order valence-electron chi connectivity index (χ3n) is 5.19. The van der Waals surface area contributed by atoms with Crippen molar-refractivity contribution in [1.82, 2.24) is 9.62 Å². The Balaban J connectivity index is 1.63. The normalized spacial score (nSPS) is 21.0. The van der Waals surface area contributed by atoms with Crippen molar-refractivity contribution in [3.63, 3.8) is 0 Å². The minimum Gasteiger partial charge on any atom is -0.311 e. The maximum absolute atomic E-state index is 13.0. The van der Waals surface area contributed by atoms with Crippen molar-refractivity contribution in [2.45, 2.75) is 44.7 Å². The Bertz CT molecular complexity index is 727. The van der Waals surface area contributed by atoms with E-state index in [0.29, 0.717) is 0 Å². The molecule has 1 atom stereocenters. The summed E-state index contributed by atoms with van der Waals surface area (Å²) in [6, 6.07) is 7.92. The number of carbonyl (C=O) groups excluding carboxylic acids is 1. The van der Waals surface area contributed by atoms with Gasteiger partial charge < -0.3 is 4.90 Å². The SMILES string of the molecule is CC(C(=O)N1CCCc2ccccc21)N1CCC(NS(C)(=O)=O)CC1. The smallest absolute Gasteiger partial charge is 0.244 e. The van der Waals surface area contributed by atoms with Gasteiger partial charge in [-0.25, -0.2) is 13.1 Å². The molecule has 0 spiro atoms. The number of hydrogen-bond donors (Lipinski definition) is 1. The molecule has 1 aromatic carbocycles.